The molecular formula is C11H16N2. The Morgan fingerprint density at radius 1 is 1.46 bits per heavy atom. The van der Waals surface area contributed by atoms with Crippen LogP contribution >= 0.6 is 0 Å². The molecule has 2 nitrogen and oxygen atoms in total. The molecule has 70 valence electrons. The number of aromatic nitrogens is 1. The molecule has 2 N–H and O–H groups in total. The largest absolute Gasteiger partial charge is 0.383 e. The summed E-state index contributed by atoms with van der Waals surface area (Å²) >= 11 is 0. The summed E-state index contributed by atoms with van der Waals surface area (Å²) in [6.07, 6.45) is 4.47. The first-order valence-electron chi connectivity index (χ1n) is 4.94. The van der Waals surface area contributed by atoms with Gasteiger partial charge in [0, 0.05) is 6.20 Å². The molecule has 0 amide bonds. The molecule has 0 spiro atoms. The van der Waals surface area contributed by atoms with Crippen LogP contribution in [0.5, 0.6) is 0 Å². The van der Waals surface area contributed by atoms with Crippen LogP contribution in [0.15, 0.2) is 12.3 Å². The lowest BCUT2D eigenvalue weighted by molar-refractivity contribution is 0.853. The molecule has 0 saturated heterocycles. The smallest absolute Gasteiger partial charge is 0.126 e. The molecule has 0 bridgehead atoms. The van der Waals surface area contributed by atoms with Crippen molar-refractivity contribution in [2.45, 2.75) is 38.5 Å². The molecule has 1 aromatic heterocycles. The molecule has 1 saturated carbocycles. The summed E-state index contributed by atoms with van der Waals surface area (Å²) in [6, 6.07) is 2.23. The van der Waals surface area contributed by atoms with Crippen LogP contribution in [0.4, 0.5) is 5.82 Å². The van der Waals surface area contributed by atoms with E-state index < -0.39 is 0 Å². The Bertz CT molecular complexity index is 314. The first-order valence-corrected chi connectivity index (χ1v) is 4.94. The summed E-state index contributed by atoms with van der Waals surface area (Å²) in [4.78, 5) is 4.24. The van der Waals surface area contributed by atoms with Crippen molar-refractivity contribution in [1.29, 1.82) is 0 Å². The summed E-state index contributed by atoms with van der Waals surface area (Å²) < 4.78 is 0. The number of rotatable bonds is 2. The molecule has 0 aromatic carbocycles. The van der Waals surface area contributed by atoms with Crippen LogP contribution in [0.1, 0.15) is 49.7 Å². The molecule has 0 aliphatic heterocycles. The zero-order valence-corrected chi connectivity index (χ0v) is 8.25. The summed E-state index contributed by atoms with van der Waals surface area (Å²) in [7, 11) is 0. The van der Waals surface area contributed by atoms with Gasteiger partial charge in [0.1, 0.15) is 5.82 Å². The average Bonchev–Trinajstić information content (AvgIpc) is 2.87. The Hall–Kier alpha value is -1.05. The fourth-order valence-corrected chi connectivity index (χ4v) is 1.55. The molecule has 1 fully saturated rings. The van der Waals surface area contributed by atoms with Gasteiger partial charge in [0.25, 0.3) is 0 Å². The third-order valence-corrected chi connectivity index (χ3v) is 2.65. The second-order valence-corrected chi connectivity index (χ2v) is 4.17. The SMILES string of the molecule is CC(C)c1cnc(N)c(C2CC2)c1. The van der Waals surface area contributed by atoms with Crippen LogP contribution in [0, 0.1) is 0 Å². The van der Waals surface area contributed by atoms with Crippen molar-refractivity contribution in [3.05, 3.63) is 23.4 Å². The van der Waals surface area contributed by atoms with Gasteiger partial charge in [-0.15, -0.1) is 0 Å². The van der Waals surface area contributed by atoms with E-state index in [9.17, 15) is 0 Å². The third-order valence-electron chi connectivity index (χ3n) is 2.65. The quantitative estimate of drug-likeness (QED) is 0.752. The van der Waals surface area contributed by atoms with E-state index in [1.54, 1.807) is 0 Å². The summed E-state index contributed by atoms with van der Waals surface area (Å²) in [5.41, 5.74) is 8.39. The van der Waals surface area contributed by atoms with Crippen molar-refractivity contribution < 1.29 is 0 Å². The third kappa shape index (κ3) is 1.67. The number of hydrogen-bond acceptors (Lipinski definition) is 2. The fourth-order valence-electron chi connectivity index (χ4n) is 1.55. The Morgan fingerprint density at radius 2 is 2.15 bits per heavy atom. The number of hydrogen-bond donors (Lipinski definition) is 1. The van der Waals surface area contributed by atoms with E-state index >= 15 is 0 Å². The van der Waals surface area contributed by atoms with E-state index in [0.717, 1.165) is 5.82 Å². The Labute approximate surface area is 79.2 Å². The van der Waals surface area contributed by atoms with E-state index in [1.165, 1.54) is 24.0 Å². The maximum Gasteiger partial charge on any atom is 0.126 e. The van der Waals surface area contributed by atoms with Gasteiger partial charge in [0.15, 0.2) is 0 Å². The lowest BCUT2D eigenvalue weighted by Crippen LogP contribution is -1.99. The maximum atomic E-state index is 5.82. The van der Waals surface area contributed by atoms with Crippen molar-refractivity contribution in [3.63, 3.8) is 0 Å². The molecule has 0 radical (unpaired) electrons. The van der Waals surface area contributed by atoms with Crippen molar-refractivity contribution in [3.8, 4) is 0 Å². The molecule has 2 heteroatoms. The highest BCUT2D eigenvalue weighted by Gasteiger charge is 2.26. The van der Waals surface area contributed by atoms with Crippen LogP contribution in [-0.2, 0) is 0 Å². The Balaban J connectivity index is 2.36. The molecule has 1 aromatic rings. The lowest BCUT2D eigenvalue weighted by atomic mass is 10.0. The molecule has 13 heavy (non-hydrogen) atoms. The lowest BCUT2D eigenvalue weighted by Gasteiger charge is -2.08. The van der Waals surface area contributed by atoms with Crippen molar-refractivity contribution in [1.82, 2.24) is 4.98 Å². The molecule has 0 atom stereocenters. The second kappa shape index (κ2) is 3.02. The van der Waals surface area contributed by atoms with Crippen LogP contribution in [0.25, 0.3) is 0 Å². The highest BCUT2D eigenvalue weighted by Crippen LogP contribution is 2.42. The Kier molecular flexibility index (Phi) is 1.98. The van der Waals surface area contributed by atoms with Gasteiger partial charge in [0.2, 0.25) is 0 Å². The van der Waals surface area contributed by atoms with Crippen LogP contribution < -0.4 is 5.73 Å². The number of pyridine rings is 1. The molecule has 1 aliphatic rings. The van der Waals surface area contributed by atoms with E-state index in [-0.39, 0.29) is 0 Å². The monoisotopic (exact) mass is 176 g/mol. The summed E-state index contributed by atoms with van der Waals surface area (Å²) in [5, 5.41) is 0. The van der Waals surface area contributed by atoms with Crippen molar-refractivity contribution >= 4 is 5.82 Å². The fraction of sp³-hybridized carbons (Fsp3) is 0.545. The number of nitrogens with two attached hydrogens (primary N) is 1. The molecule has 1 aliphatic carbocycles. The zero-order valence-electron chi connectivity index (χ0n) is 8.25. The first kappa shape index (κ1) is 8.54. The van der Waals surface area contributed by atoms with Gasteiger partial charge in [-0.25, -0.2) is 4.98 Å². The minimum Gasteiger partial charge on any atom is -0.383 e. The predicted molar refractivity (Wildman–Crippen MR) is 54.7 cm³/mol. The molecular weight excluding hydrogens is 160 g/mol. The summed E-state index contributed by atoms with van der Waals surface area (Å²) in [6.45, 7) is 4.37. The van der Waals surface area contributed by atoms with Crippen LogP contribution in [-0.4, -0.2) is 4.98 Å². The predicted octanol–water partition coefficient (Wildman–Crippen LogP) is 2.66. The van der Waals surface area contributed by atoms with E-state index in [4.69, 9.17) is 5.73 Å². The maximum absolute atomic E-state index is 5.82. The van der Waals surface area contributed by atoms with Gasteiger partial charge in [-0.1, -0.05) is 19.9 Å². The Morgan fingerprint density at radius 3 is 2.69 bits per heavy atom. The highest BCUT2D eigenvalue weighted by molar-refractivity contribution is 5.45. The van der Waals surface area contributed by atoms with Gasteiger partial charge in [0.05, 0.1) is 0 Å². The van der Waals surface area contributed by atoms with E-state index in [2.05, 4.69) is 24.9 Å². The summed E-state index contributed by atoms with van der Waals surface area (Å²) in [5.74, 6) is 1.98. The van der Waals surface area contributed by atoms with Crippen molar-refractivity contribution in [2.75, 3.05) is 5.73 Å². The van der Waals surface area contributed by atoms with Gasteiger partial charge in [-0.05, 0) is 35.8 Å². The van der Waals surface area contributed by atoms with Crippen molar-refractivity contribution in [2.24, 2.45) is 0 Å². The number of anilines is 1. The normalized spacial score (nSPS) is 16.5. The average molecular weight is 176 g/mol. The van der Waals surface area contributed by atoms with Crippen LogP contribution in [0.3, 0.4) is 0 Å². The minimum absolute atomic E-state index is 0.547. The molecule has 2 rings (SSSR count). The van der Waals surface area contributed by atoms with Crippen LogP contribution in [0.2, 0.25) is 0 Å². The minimum atomic E-state index is 0.547. The standard InChI is InChI=1S/C11H16N2/c1-7(2)9-5-10(8-3-4-8)11(12)13-6-9/h5-8H,3-4H2,1-2H3,(H2,12,13). The van der Waals surface area contributed by atoms with Gasteiger partial charge >= 0.3 is 0 Å². The van der Waals surface area contributed by atoms with E-state index in [1.807, 2.05) is 6.20 Å². The molecule has 1 heterocycles. The number of nitrogen functional groups attached to an aromatic ring is 1. The van der Waals surface area contributed by atoms with Gasteiger partial charge < -0.3 is 5.73 Å². The number of nitrogens with zero attached hydrogens (tertiary/aromatic N) is 1. The molecule has 0 unspecified atom stereocenters. The van der Waals surface area contributed by atoms with Gasteiger partial charge in [-0.2, -0.15) is 0 Å². The second-order valence-electron chi connectivity index (χ2n) is 4.17. The van der Waals surface area contributed by atoms with E-state index in [0.29, 0.717) is 11.8 Å². The first-order chi connectivity index (χ1) is 6.18. The topological polar surface area (TPSA) is 38.9 Å². The highest BCUT2D eigenvalue weighted by atomic mass is 14.8. The van der Waals surface area contributed by atoms with Gasteiger partial charge in [-0.3, -0.25) is 0 Å². The zero-order chi connectivity index (χ0) is 9.42.